The van der Waals surface area contributed by atoms with Gasteiger partial charge in [0.2, 0.25) is 23.7 Å². The van der Waals surface area contributed by atoms with Crippen LogP contribution in [0.15, 0.2) is 27.8 Å². The lowest BCUT2D eigenvalue weighted by atomic mass is 9.81. The molecule has 7 fully saturated rings. The first-order chi connectivity index (χ1) is 43.0. The van der Waals surface area contributed by atoms with Crippen LogP contribution in [-0.4, -0.2) is 148 Å². The van der Waals surface area contributed by atoms with Gasteiger partial charge in [0.15, 0.2) is 17.2 Å². The molecule has 24 nitrogen and oxygen atoms in total. The second-order valence-corrected chi connectivity index (χ2v) is 23.6. The van der Waals surface area contributed by atoms with E-state index in [1.165, 1.54) is 15.2 Å². The van der Waals surface area contributed by atoms with Gasteiger partial charge in [0.1, 0.15) is 17.1 Å². The summed E-state index contributed by atoms with van der Waals surface area (Å²) in [5.41, 5.74) is 2.93. The van der Waals surface area contributed by atoms with Crippen LogP contribution < -0.4 is 26.2 Å². The molecule has 4 amide bonds. The fourth-order valence-electron chi connectivity index (χ4n) is 12.1. The molecule has 5 atom stereocenters. The Morgan fingerprint density at radius 1 is 0.678 bits per heavy atom. The second kappa shape index (κ2) is 27.8. The molecule has 5 unspecified atom stereocenters. The zero-order valence-electron chi connectivity index (χ0n) is 49.2. The summed E-state index contributed by atoms with van der Waals surface area (Å²) in [5.74, 6) is -9.39. The fourth-order valence-corrected chi connectivity index (χ4v) is 12.1. The number of carbonyl (C=O) groups excluding carboxylic acids is 4. The van der Waals surface area contributed by atoms with Crippen LogP contribution in [0.2, 0.25) is 0 Å². The van der Waals surface area contributed by atoms with Gasteiger partial charge in [-0.15, -0.1) is 0 Å². The average Bonchev–Trinajstić information content (AvgIpc) is 1.59. The van der Waals surface area contributed by atoms with Gasteiger partial charge < -0.3 is 30.9 Å². The van der Waals surface area contributed by atoms with Crippen molar-refractivity contribution in [2.45, 2.75) is 172 Å². The van der Waals surface area contributed by atoms with Crippen LogP contribution in [0.1, 0.15) is 189 Å². The van der Waals surface area contributed by atoms with E-state index in [1.807, 2.05) is 18.7 Å². The number of aromatic nitrogens is 12. The highest BCUT2D eigenvalue weighted by Crippen LogP contribution is 2.45. The maximum atomic E-state index is 14.2. The third-order valence-electron chi connectivity index (χ3n) is 17.2. The minimum absolute atomic E-state index is 0.0178. The number of nitrogens with zero attached hydrogens (tertiary/aromatic N) is 13. The molecule has 0 spiro atoms. The summed E-state index contributed by atoms with van der Waals surface area (Å²) in [6.45, 7) is 2.22. The molecule has 9 heterocycles. The molecule has 13 rings (SSSR count). The van der Waals surface area contributed by atoms with Crippen LogP contribution in [0.25, 0.3) is 11.6 Å². The van der Waals surface area contributed by atoms with Crippen molar-refractivity contribution in [3.8, 4) is 0 Å². The van der Waals surface area contributed by atoms with Crippen molar-refractivity contribution in [2.75, 3.05) is 44.3 Å². The van der Waals surface area contributed by atoms with E-state index in [2.05, 4.69) is 67.0 Å². The van der Waals surface area contributed by atoms with Gasteiger partial charge in [-0.25, -0.2) is 50.8 Å². The van der Waals surface area contributed by atoms with Crippen LogP contribution in [-0.2, 0) is 27.2 Å². The maximum Gasteiger partial charge on any atom is 0.393 e. The number of imidazole rings is 2. The molecule has 3 saturated heterocycles. The van der Waals surface area contributed by atoms with Crippen molar-refractivity contribution < 1.29 is 77.1 Å². The third kappa shape index (κ3) is 16.1. The summed E-state index contributed by atoms with van der Waals surface area (Å²) in [6.07, 6.45) is 5.14. The van der Waals surface area contributed by atoms with E-state index in [0.717, 1.165) is 38.5 Å². The number of hydrogen-bond donors (Lipinski definition) is 4. The lowest BCUT2D eigenvalue weighted by molar-refractivity contribution is -0.183. The Balaban J connectivity index is 0.000000186. The van der Waals surface area contributed by atoms with Crippen molar-refractivity contribution in [2.24, 2.45) is 29.6 Å². The first kappa shape index (κ1) is 65.3. The van der Waals surface area contributed by atoms with Crippen molar-refractivity contribution >= 4 is 41.0 Å². The summed E-state index contributed by atoms with van der Waals surface area (Å²) in [6, 6.07) is -1.44. The van der Waals surface area contributed by atoms with Crippen LogP contribution in [0.5, 0.6) is 0 Å². The summed E-state index contributed by atoms with van der Waals surface area (Å²) in [5, 5.41) is 35.8. The fraction of sp³-hybridized carbons (Fsp3) is 0.679. The van der Waals surface area contributed by atoms with Crippen molar-refractivity contribution in [3.63, 3.8) is 0 Å². The SMILES string of the molecule is CC.FC(F)F.O=C(NC(c1cn2nc(CC3CC(C(F)(F)F)CNC3=O)c(N3CCOCC3)nc2n1)C1CCC(F)(F)CC1)c1nonc1C1CC1.O=C(NC(c1cn2nc(CC3CCCNC3=O)cnc2n1)C1CCC(F)(F)CC1)c1nonc1C1CC1. The van der Waals surface area contributed by atoms with E-state index >= 15 is 0 Å². The second-order valence-electron chi connectivity index (χ2n) is 23.6. The third-order valence-corrected chi connectivity index (χ3v) is 17.2. The molecule has 7 aliphatic rings. The number of piperidine rings is 2. The number of halogens is 10. The van der Waals surface area contributed by atoms with Gasteiger partial charge in [0.25, 0.3) is 23.4 Å². The average molecular weight is 1280 g/mol. The van der Waals surface area contributed by atoms with Gasteiger partial charge in [-0.05, 0) is 92.8 Å². The van der Waals surface area contributed by atoms with E-state index in [0.29, 0.717) is 85.0 Å². The number of anilines is 1. The van der Waals surface area contributed by atoms with Gasteiger partial charge in [-0.1, -0.05) is 24.2 Å². The van der Waals surface area contributed by atoms with Crippen LogP contribution in [0.3, 0.4) is 0 Å². The van der Waals surface area contributed by atoms with Gasteiger partial charge in [-0.2, -0.15) is 41.5 Å². The molecule has 4 aliphatic carbocycles. The van der Waals surface area contributed by atoms with Gasteiger partial charge in [0.05, 0.1) is 66.9 Å². The largest absolute Gasteiger partial charge is 0.393 e. The Hall–Kier alpha value is -7.68. The number of morpholine rings is 1. The van der Waals surface area contributed by atoms with Crippen molar-refractivity contribution in [1.82, 2.24) is 81.1 Å². The standard InChI is InChI=1S/C29H34F5N9O4.C24H28F2N8O3.C2H6.CHF3/c30-28(31)5-3-16(4-6-28)21(37-26(45)23-22(15-1-2-15)40-47-41-23)20-14-43-27(36-20)38-24(42-7-9-46-10-8-42)19(39-43)12-17-11-18(29(32,33)34)13-35-25(17)44;25-24(26)7-5-14(6-8-24)18(30-22(36)20-19(13-3-4-13)32-37-33-20)17-12-34-23(29-17)28-11-16(31-34)10-15-2-1-9-27-21(15)35;1-2;2-1(3)4/h14-18,21H,1-13H2,(H,35,44)(H,37,45);11-15,18H,1-10H2,(H,27,35)(H,30,36);1-2H3;1H. The molecular formula is C56H69F10N17O7. The number of rotatable bonds is 15. The summed E-state index contributed by atoms with van der Waals surface area (Å²) >= 11 is 0. The molecule has 34 heteroatoms. The van der Waals surface area contributed by atoms with E-state index in [9.17, 15) is 63.1 Å². The Labute approximate surface area is 507 Å². The molecule has 0 aromatic carbocycles. The zero-order chi connectivity index (χ0) is 64.1. The highest BCUT2D eigenvalue weighted by atomic mass is 19.4. The summed E-state index contributed by atoms with van der Waals surface area (Å²) in [4.78, 5) is 71.8. The van der Waals surface area contributed by atoms with Gasteiger partial charge >= 0.3 is 12.9 Å². The van der Waals surface area contributed by atoms with Crippen LogP contribution >= 0.6 is 0 Å². The molecule has 3 aliphatic heterocycles. The lowest BCUT2D eigenvalue weighted by Crippen LogP contribution is -2.47. The van der Waals surface area contributed by atoms with Gasteiger partial charge in [0, 0.05) is 88.4 Å². The van der Waals surface area contributed by atoms with E-state index in [4.69, 9.17) is 19.0 Å². The Morgan fingerprint density at radius 2 is 1.19 bits per heavy atom. The van der Waals surface area contributed by atoms with E-state index in [1.54, 1.807) is 12.4 Å². The number of ether oxygens (including phenoxy) is 1. The lowest BCUT2D eigenvalue weighted by Gasteiger charge is -2.33. The number of amides is 4. The molecule has 4 saturated carbocycles. The molecule has 490 valence electrons. The predicted octanol–water partition coefficient (Wildman–Crippen LogP) is 8.33. The van der Waals surface area contributed by atoms with E-state index in [-0.39, 0.29) is 111 Å². The number of nitrogens with one attached hydrogen (secondary N) is 4. The number of carbonyl (C=O) groups is 4. The van der Waals surface area contributed by atoms with Crippen molar-refractivity contribution in [3.05, 3.63) is 64.1 Å². The number of hydrogen-bond acceptors (Lipinski definition) is 18. The molecule has 6 aromatic heterocycles. The first-order valence-corrected chi connectivity index (χ1v) is 30.4. The zero-order valence-corrected chi connectivity index (χ0v) is 49.2. The van der Waals surface area contributed by atoms with E-state index < -0.39 is 78.8 Å². The van der Waals surface area contributed by atoms with Gasteiger partial charge in [-0.3, -0.25) is 19.2 Å². The monoisotopic (exact) mass is 1280 g/mol. The molecular weight excluding hydrogens is 1210 g/mol. The predicted molar refractivity (Wildman–Crippen MR) is 294 cm³/mol. The normalized spacial score (nSPS) is 22.9. The topological polar surface area (TPSA) is 293 Å². The molecule has 6 aromatic rings. The number of fused-ring (bicyclic) bond motifs is 2. The summed E-state index contributed by atoms with van der Waals surface area (Å²) in [7, 11) is 0. The molecule has 0 radical (unpaired) electrons. The quantitative estimate of drug-likeness (QED) is 0.0702. The highest BCUT2D eigenvalue weighted by molar-refractivity contribution is 5.94. The smallest absolute Gasteiger partial charge is 0.378 e. The van der Waals surface area contributed by atoms with Crippen LogP contribution in [0.4, 0.5) is 49.7 Å². The summed E-state index contributed by atoms with van der Waals surface area (Å²) < 4.78 is 144. The Kier molecular flexibility index (Phi) is 20.2. The van der Waals surface area contributed by atoms with Crippen molar-refractivity contribution in [1.29, 1.82) is 0 Å². The Morgan fingerprint density at radius 3 is 1.70 bits per heavy atom. The molecule has 4 N–H and O–H groups in total. The minimum atomic E-state index is -4.46. The molecule has 90 heavy (non-hydrogen) atoms. The number of alkyl halides is 10. The highest BCUT2D eigenvalue weighted by Gasteiger charge is 2.46. The molecule has 0 bridgehead atoms. The maximum absolute atomic E-state index is 14.2. The minimum Gasteiger partial charge on any atom is -0.378 e. The Bertz CT molecular complexity index is 3440. The first-order valence-electron chi connectivity index (χ1n) is 30.4. The van der Waals surface area contributed by atoms with Crippen LogP contribution in [0, 0.1) is 29.6 Å².